The van der Waals surface area contributed by atoms with Gasteiger partial charge in [-0.25, -0.2) is 0 Å². The molecular formula is C15H34NNa. The Morgan fingerprint density at radius 3 is 1.88 bits per heavy atom. The zero-order chi connectivity index (χ0) is 12.1. The number of hydrogen-bond donors (Lipinski definition) is 1. The molecule has 0 aliphatic rings. The van der Waals surface area contributed by atoms with E-state index in [-0.39, 0.29) is 29.6 Å². The molecule has 2 heteroatoms. The van der Waals surface area contributed by atoms with E-state index in [0.29, 0.717) is 0 Å². The molecule has 0 amide bonds. The minimum atomic E-state index is 0. The first kappa shape index (κ1) is 20.3. The van der Waals surface area contributed by atoms with Crippen molar-refractivity contribution in [2.45, 2.75) is 91.0 Å². The third-order valence-corrected chi connectivity index (χ3v) is 3.33. The van der Waals surface area contributed by atoms with Crippen molar-refractivity contribution < 1.29 is 0 Å². The fourth-order valence-corrected chi connectivity index (χ4v) is 2.15. The van der Waals surface area contributed by atoms with Crippen LogP contribution in [0.4, 0.5) is 0 Å². The van der Waals surface area contributed by atoms with E-state index in [0.717, 1.165) is 6.04 Å². The second kappa shape index (κ2) is 17.0. The molecule has 100 valence electrons. The number of unbranched alkanes of at least 4 members (excludes halogenated alkanes) is 6. The van der Waals surface area contributed by atoms with E-state index in [1.807, 2.05) is 0 Å². The molecule has 0 aromatic rings. The second-order valence-electron chi connectivity index (χ2n) is 4.97. The van der Waals surface area contributed by atoms with Gasteiger partial charge in [-0.3, -0.25) is 0 Å². The SMILES string of the molecule is CCCCCCCCCC(CC)NCCC.[NaH]. The Morgan fingerprint density at radius 2 is 1.35 bits per heavy atom. The molecule has 0 saturated carbocycles. The van der Waals surface area contributed by atoms with E-state index in [2.05, 4.69) is 26.1 Å². The van der Waals surface area contributed by atoms with E-state index in [1.54, 1.807) is 0 Å². The van der Waals surface area contributed by atoms with Gasteiger partial charge in [0.05, 0.1) is 0 Å². The summed E-state index contributed by atoms with van der Waals surface area (Å²) in [5, 5.41) is 3.63. The molecular weight excluding hydrogens is 217 g/mol. The minimum absolute atomic E-state index is 0. The third-order valence-electron chi connectivity index (χ3n) is 3.33. The quantitative estimate of drug-likeness (QED) is 0.404. The summed E-state index contributed by atoms with van der Waals surface area (Å²) in [6.07, 6.45) is 13.9. The van der Waals surface area contributed by atoms with E-state index in [1.165, 1.54) is 70.8 Å². The van der Waals surface area contributed by atoms with Gasteiger partial charge in [0, 0.05) is 6.04 Å². The van der Waals surface area contributed by atoms with Crippen LogP contribution in [0.5, 0.6) is 0 Å². The molecule has 0 fully saturated rings. The Bertz CT molecular complexity index is 128. The molecule has 0 aromatic heterocycles. The van der Waals surface area contributed by atoms with Crippen molar-refractivity contribution in [3.63, 3.8) is 0 Å². The Morgan fingerprint density at radius 1 is 0.765 bits per heavy atom. The average Bonchev–Trinajstić information content (AvgIpc) is 2.32. The summed E-state index contributed by atoms with van der Waals surface area (Å²) < 4.78 is 0. The Hall–Kier alpha value is 0.960. The Balaban J connectivity index is 0. The zero-order valence-electron chi connectivity index (χ0n) is 11.9. The fraction of sp³-hybridized carbons (Fsp3) is 1.00. The molecule has 0 radical (unpaired) electrons. The standard InChI is InChI=1S/C15H33N.Na.H/c1-4-7-8-9-10-11-12-13-15(6-3)16-14-5-2;;/h15-16H,4-14H2,1-3H3;;. The zero-order valence-corrected chi connectivity index (χ0v) is 11.9. The summed E-state index contributed by atoms with van der Waals surface area (Å²) in [7, 11) is 0. The van der Waals surface area contributed by atoms with Crippen LogP contribution in [0.15, 0.2) is 0 Å². The molecule has 0 spiro atoms. The Labute approximate surface area is 132 Å². The normalized spacial score (nSPS) is 12.2. The topological polar surface area (TPSA) is 12.0 Å². The van der Waals surface area contributed by atoms with Gasteiger partial charge in [0.25, 0.3) is 0 Å². The second-order valence-corrected chi connectivity index (χ2v) is 4.97. The first-order chi connectivity index (χ1) is 7.85. The van der Waals surface area contributed by atoms with Crippen LogP contribution >= 0.6 is 0 Å². The summed E-state index contributed by atoms with van der Waals surface area (Å²) in [5.41, 5.74) is 0. The predicted molar refractivity (Wildman–Crippen MR) is 82.1 cm³/mol. The summed E-state index contributed by atoms with van der Waals surface area (Å²) >= 11 is 0. The summed E-state index contributed by atoms with van der Waals surface area (Å²) in [6.45, 7) is 8.02. The fourth-order valence-electron chi connectivity index (χ4n) is 2.15. The van der Waals surface area contributed by atoms with Crippen LogP contribution in [0.1, 0.15) is 85.0 Å². The van der Waals surface area contributed by atoms with E-state index in [9.17, 15) is 0 Å². The number of rotatable bonds is 12. The molecule has 0 heterocycles. The first-order valence-electron chi connectivity index (χ1n) is 7.58. The van der Waals surface area contributed by atoms with Crippen molar-refractivity contribution >= 4 is 29.6 Å². The van der Waals surface area contributed by atoms with Gasteiger partial charge in [-0.05, 0) is 25.8 Å². The van der Waals surface area contributed by atoms with Crippen molar-refractivity contribution in [2.75, 3.05) is 6.54 Å². The van der Waals surface area contributed by atoms with Crippen molar-refractivity contribution in [3.05, 3.63) is 0 Å². The van der Waals surface area contributed by atoms with Gasteiger partial charge < -0.3 is 5.32 Å². The van der Waals surface area contributed by atoms with Gasteiger partial charge in [0.2, 0.25) is 0 Å². The van der Waals surface area contributed by atoms with Crippen molar-refractivity contribution in [1.29, 1.82) is 0 Å². The predicted octanol–water partition coefficient (Wildman–Crippen LogP) is 4.26. The van der Waals surface area contributed by atoms with Gasteiger partial charge in [-0.1, -0.05) is 65.7 Å². The molecule has 0 aliphatic carbocycles. The van der Waals surface area contributed by atoms with Gasteiger partial charge in [-0.2, -0.15) is 0 Å². The van der Waals surface area contributed by atoms with Crippen LogP contribution in [0.3, 0.4) is 0 Å². The monoisotopic (exact) mass is 251 g/mol. The molecule has 1 atom stereocenters. The van der Waals surface area contributed by atoms with Crippen LogP contribution < -0.4 is 5.32 Å². The maximum atomic E-state index is 3.63. The molecule has 17 heavy (non-hydrogen) atoms. The Kier molecular flexibility index (Phi) is 20.2. The molecule has 0 rings (SSSR count). The summed E-state index contributed by atoms with van der Waals surface area (Å²) in [5.74, 6) is 0. The van der Waals surface area contributed by atoms with Crippen LogP contribution in [0.25, 0.3) is 0 Å². The summed E-state index contributed by atoms with van der Waals surface area (Å²) in [6, 6.07) is 0.774. The first-order valence-corrected chi connectivity index (χ1v) is 7.58. The van der Waals surface area contributed by atoms with E-state index < -0.39 is 0 Å². The van der Waals surface area contributed by atoms with Crippen LogP contribution in [-0.2, 0) is 0 Å². The van der Waals surface area contributed by atoms with E-state index >= 15 is 0 Å². The van der Waals surface area contributed by atoms with Crippen molar-refractivity contribution in [1.82, 2.24) is 5.32 Å². The molecule has 1 nitrogen and oxygen atoms in total. The van der Waals surface area contributed by atoms with Gasteiger partial charge in [-0.15, -0.1) is 0 Å². The van der Waals surface area contributed by atoms with Gasteiger partial charge in [0.1, 0.15) is 0 Å². The molecule has 1 N–H and O–H groups in total. The van der Waals surface area contributed by atoms with Crippen LogP contribution in [0.2, 0.25) is 0 Å². The molecule has 1 unspecified atom stereocenters. The molecule has 0 aromatic carbocycles. The molecule has 0 saturated heterocycles. The molecule has 0 bridgehead atoms. The summed E-state index contributed by atoms with van der Waals surface area (Å²) in [4.78, 5) is 0. The average molecular weight is 251 g/mol. The van der Waals surface area contributed by atoms with Gasteiger partial charge in [0.15, 0.2) is 0 Å². The number of nitrogens with one attached hydrogen (secondary N) is 1. The van der Waals surface area contributed by atoms with Gasteiger partial charge >= 0.3 is 29.6 Å². The van der Waals surface area contributed by atoms with E-state index in [4.69, 9.17) is 0 Å². The number of hydrogen-bond acceptors (Lipinski definition) is 1. The molecule has 0 aliphatic heterocycles. The van der Waals surface area contributed by atoms with Crippen molar-refractivity contribution in [2.24, 2.45) is 0 Å². The maximum absolute atomic E-state index is 3.63. The van der Waals surface area contributed by atoms with Crippen molar-refractivity contribution in [3.8, 4) is 0 Å². The van der Waals surface area contributed by atoms with Crippen LogP contribution in [-0.4, -0.2) is 42.1 Å². The third kappa shape index (κ3) is 14.9. The van der Waals surface area contributed by atoms with Crippen LogP contribution in [0, 0.1) is 0 Å².